The average Bonchev–Trinajstić information content (AvgIpc) is 2.43. The Labute approximate surface area is 118 Å². The Morgan fingerprint density at radius 1 is 1.00 bits per heavy atom. The molecule has 0 radical (unpaired) electrons. The molecule has 0 aliphatic carbocycles. The minimum absolute atomic E-state index is 0.0346. The van der Waals surface area contributed by atoms with Gasteiger partial charge in [-0.05, 0) is 23.7 Å². The van der Waals surface area contributed by atoms with Gasteiger partial charge in [-0.2, -0.15) is 4.98 Å². The maximum Gasteiger partial charge on any atom is 0.262 e. The van der Waals surface area contributed by atoms with E-state index >= 15 is 0 Å². The number of fused-ring (bicyclic) bond motifs is 1. The maximum atomic E-state index is 5.86. The topological polar surface area (TPSA) is 60.8 Å². The largest absolute Gasteiger partial charge is 0.434 e. The van der Waals surface area contributed by atoms with E-state index < -0.39 is 0 Å². The van der Waals surface area contributed by atoms with Crippen molar-refractivity contribution in [2.45, 2.75) is 0 Å². The quantitative estimate of drug-likeness (QED) is 0.723. The Balaban J connectivity index is 2.08. The lowest BCUT2D eigenvalue weighted by Crippen LogP contribution is -1.95. The molecule has 0 atom stereocenters. The summed E-state index contributed by atoms with van der Waals surface area (Å²) in [6.07, 6.45) is 1.68. The predicted molar refractivity (Wildman–Crippen MR) is 71.7 cm³/mol. The van der Waals surface area contributed by atoms with Crippen molar-refractivity contribution in [1.29, 1.82) is 0 Å². The predicted octanol–water partition coefficient (Wildman–Crippen LogP) is 3.52. The van der Waals surface area contributed by atoms with Crippen molar-refractivity contribution in [2.24, 2.45) is 0 Å². The first kappa shape index (κ1) is 12.1. The highest BCUT2D eigenvalue weighted by atomic mass is 35.5. The van der Waals surface area contributed by atoms with E-state index in [9.17, 15) is 0 Å². The van der Waals surface area contributed by atoms with Gasteiger partial charge in [0.05, 0.1) is 0 Å². The van der Waals surface area contributed by atoms with Crippen LogP contribution in [0.2, 0.25) is 10.4 Å². The van der Waals surface area contributed by atoms with E-state index in [-0.39, 0.29) is 16.3 Å². The Bertz CT molecular complexity index is 745. The maximum absolute atomic E-state index is 5.86. The lowest BCUT2D eigenvalue weighted by Gasteiger charge is -2.07. The van der Waals surface area contributed by atoms with E-state index in [0.717, 1.165) is 5.39 Å². The third-order valence-electron chi connectivity index (χ3n) is 2.39. The van der Waals surface area contributed by atoms with Crippen LogP contribution in [-0.2, 0) is 0 Å². The number of para-hydroxylation sites is 1. The van der Waals surface area contributed by atoms with Crippen LogP contribution in [0.4, 0.5) is 0 Å². The number of halogens is 2. The molecule has 2 heterocycles. The SMILES string of the molecule is Clc1nnc(Cl)c(Oc2cccc3cccnc23)n1. The minimum atomic E-state index is -0.0346. The summed E-state index contributed by atoms with van der Waals surface area (Å²) in [5, 5.41) is 8.10. The first-order valence-electron chi connectivity index (χ1n) is 5.31. The number of nitrogens with zero attached hydrogens (tertiary/aromatic N) is 4. The van der Waals surface area contributed by atoms with Gasteiger partial charge in [0.25, 0.3) is 5.88 Å². The fourth-order valence-corrected chi connectivity index (χ4v) is 1.84. The highest BCUT2D eigenvalue weighted by Gasteiger charge is 2.11. The number of benzene rings is 1. The van der Waals surface area contributed by atoms with E-state index in [1.165, 1.54) is 0 Å². The molecule has 0 aliphatic rings. The van der Waals surface area contributed by atoms with Crippen molar-refractivity contribution in [2.75, 3.05) is 0 Å². The summed E-state index contributed by atoms with van der Waals surface area (Å²) in [5.74, 6) is 0.622. The molecule has 0 spiro atoms. The highest BCUT2D eigenvalue weighted by Crippen LogP contribution is 2.30. The summed E-state index contributed by atoms with van der Waals surface area (Å²) in [6, 6.07) is 9.33. The van der Waals surface area contributed by atoms with Crippen LogP contribution in [0.25, 0.3) is 10.9 Å². The number of ether oxygens (including phenoxy) is 1. The summed E-state index contributed by atoms with van der Waals surface area (Å²) in [6.45, 7) is 0. The molecule has 94 valence electrons. The van der Waals surface area contributed by atoms with Gasteiger partial charge in [-0.3, -0.25) is 4.98 Å². The van der Waals surface area contributed by atoms with Crippen LogP contribution in [-0.4, -0.2) is 20.2 Å². The van der Waals surface area contributed by atoms with Crippen molar-refractivity contribution in [1.82, 2.24) is 20.2 Å². The monoisotopic (exact) mass is 292 g/mol. The van der Waals surface area contributed by atoms with Crippen molar-refractivity contribution in [3.63, 3.8) is 0 Å². The molecule has 1 aromatic carbocycles. The van der Waals surface area contributed by atoms with Gasteiger partial charge < -0.3 is 4.74 Å². The molecular formula is C12H6Cl2N4O. The molecule has 0 bridgehead atoms. The normalized spacial score (nSPS) is 10.6. The second-order valence-corrected chi connectivity index (χ2v) is 4.31. The molecular weight excluding hydrogens is 287 g/mol. The molecule has 19 heavy (non-hydrogen) atoms. The summed E-state index contributed by atoms with van der Waals surface area (Å²) in [5.41, 5.74) is 0.704. The van der Waals surface area contributed by atoms with E-state index in [1.807, 2.05) is 24.3 Å². The lowest BCUT2D eigenvalue weighted by molar-refractivity contribution is 0.461. The number of hydrogen-bond donors (Lipinski definition) is 0. The molecule has 3 aromatic rings. The summed E-state index contributed by atoms with van der Waals surface area (Å²) >= 11 is 11.5. The van der Waals surface area contributed by atoms with Gasteiger partial charge in [0, 0.05) is 11.6 Å². The molecule has 0 amide bonds. The van der Waals surface area contributed by atoms with Crippen LogP contribution < -0.4 is 4.74 Å². The number of pyridine rings is 1. The molecule has 0 saturated heterocycles. The third-order valence-corrected chi connectivity index (χ3v) is 2.79. The van der Waals surface area contributed by atoms with Crippen LogP contribution in [0.5, 0.6) is 11.6 Å². The van der Waals surface area contributed by atoms with Crippen molar-refractivity contribution >= 4 is 34.1 Å². The average molecular weight is 293 g/mol. The van der Waals surface area contributed by atoms with Crippen LogP contribution in [0.3, 0.4) is 0 Å². The standard InChI is InChI=1S/C12H6Cl2N4O/c13-10-11(16-12(14)18-17-10)19-8-5-1-3-7-4-2-6-15-9(7)8/h1-6H. The number of hydrogen-bond acceptors (Lipinski definition) is 5. The molecule has 3 rings (SSSR count). The van der Waals surface area contributed by atoms with E-state index in [0.29, 0.717) is 11.3 Å². The van der Waals surface area contributed by atoms with Crippen molar-refractivity contribution in [3.05, 3.63) is 47.0 Å². The molecule has 2 aromatic heterocycles. The van der Waals surface area contributed by atoms with E-state index in [4.69, 9.17) is 27.9 Å². The second-order valence-electron chi connectivity index (χ2n) is 3.61. The van der Waals surface area contributed by atoms with Gasteiger partial charge in [0.2, 0.25) is 10.4 Å². The molecule has 0 N–H and O–H groups in total. The van der Waals surface area contributed by atoms with Crippen molar-refractivity contribution < 1.29 is 4.74 Å². The molecule has 5 nitrogen and oxygen atoms in total. The fraction of sp³-hybridized carbons (Fsp3) is 0. The van der Waals surface area contributed by atoms with Gasteiger partial charge in [-0.25, -0.2) is 0 Å². The van der Waals surface area contributed by atoms with Crippen LogP contribution in [0.1, 0.15) is 0 Å². The fourth-order valence-electron chi connectivity index (χ4n) is 1.61. The van der Waals surface area contributed by atoms with Gasteiger partial charge in [-0.1, -0.05) is 29.8 Å². The van der Waals surface area contributed by atoms with E-state index in [2.05, 4.69) is 20.2 Å². The van der Waals surface area contributed by atoms with Gasteiger partial charge in [0.1, 0.15) is 5.52 Å². The van der Waals surface area contributed by atoms with Gasteiger partial charge in [0.15, 0.2) is 5.75 Å². The molecule has 0 aliphatic heterocycles. The van der Waals surface area contributed by atoms with Crippen molar-refractivity contribution in [3.8, 4) is 11.6 Å². The lowest BCUT2D eigenvalue weighted by atomic mass is 10.2. The molecule has 7 heteroatoms. The summed E-state index contributed by atoms with van der Waals surface area (Å²) in [4.78, 5) is 8.15. The second kappa shape index (κ2) is 4.95. The molecule has 0 unspecified atom stereocenters. The first-order chi connectivity index (χ1) is 9.24. The molecule has 0 fully saturated rings. The number of rotatable bonds is 2. The number of aromatic nitrogens is 4. The Hall–Kier alpha value is -1.98. The smallest absolute Gasteiger partial charge is 0.262 e. The Kier molecular flexibility index (Phi) is 3.15. The van der Waals surface area contributed by atoms with Crippen LogP contribution in [0, 0.1) is 0 Å². The zero-order valence-corrected chi connectivity index (χ0v) is 10.9. The van der Waals surface area contributed by atoms with Gasteiger partial charge >= 0.3 is 0 Å². The Morgan fingerprint density at radius 2 is 1.84 bits per heavy atom. The minimum Gasteiger partial charge on any atom is -0.434 e. The first-order valence-corrected chi connectivity index (χ1v) is 6.07. The van der Waals surface area contributed by atoms with E-state index in [1.54, 1.807) is 12.3 Å². The highest BCUT2D eigenvalue weighted by molar-refractivity contribution is 6.31. The summed E-state index contributed by atoms with van der Waals surface area (Å²) in [7, 11) is 0. The summed E-state index contributed by atoms with van der Waals surface area (Å²) < 4.78 is 5.61. The zero-order valence-electron chi connectivity index (χ0n) is 9.42. The molecule has 0 saturated carbocycles. The zero-order chi connectivity index (χ0) is 13.2. The van der Waals surface area contributed by atoms with Crippen LogP contribution in [0.15, 0.2) is 36.5 Å². The van der Waals surface area contributed by atoms with Crippen LogP contribution >= 0.6 is 23.2 Å². The van der Waals surface area contributed by atoms with Gasteiger partial charge in [-0.15, -0.1) is 10.2 Å². The third kappa shape index (κ3) is 2.43. The Morgan fingerprint density at radius 3 is 2.74 bits per heavy atom.